The average molecular weight is 361 g/mol. The van der Waals surface area contributed by atoms with Crippen molar-refractivity contribution in [2.75, 3.05) is 32.7 Å². The van der Waals surface area contributed by atoms with Crippen LogP contribution in [0.15, 0.2) is 11.0 Å². The molecule has 134 valence electrons. The van der Waals surface area contributed by atoms with E-state index in [1.54, 1.807) is 6.92 Å². The number of nitrogen functional groups attached to an aromatic ring is 1. The number of methoxy groups -OCH3 is 1. The zero-order valence-corrected chi connectivity index (χ0v) is 14.4. The molecule has 1 aromatic heterocycles. The third-order valence-corrected chi connectivity index (χ3v) is 4.74. The van der Waals surface area contributed by atoms with Crippen molar-refractivity contribution in [3.05, 3.63) is 22.2 Å². The van der Waals surface area contributed by atoms with Gasteiger partial charge in [-0.15, -0.1) is 0 Å². The minimum absolute atomic E-state index is 0.0841. The predicted octanol–water partition coefficient (Wildman–Crippen LogP) is -0.353. The first-order valence-corrected chi connectivity index (χ1v) is 9.32. The molecule has 2 aliphatic rings. The monoisotopic (exact) mass is 361 g/mol. The fourth-order valence-electron chi connectivity index (χ4n) is 3.09. The fraction of sp³-hybridized carbons (Fsp3) is 0.692. The molecule has 0 radical (unpaired) electrons. The maximum Gasteiger partial charge on any atom is 0.351 e. The summed E-state index contributed by atoms with van der Waals surface area (Å²) >= 11 is 0. The van der Waals surface area contributed by atoms with Crippen molar-refractivity contribution in [3.8, 4) is 0 Å². The standard InChI is InChI=1S/C13H20N3O7P/c1-7-4-16(12(17)15-10(7)14)11-8-9(23-24(3,18)19)13(22-11,5-20-2)6-21-8/h4,8-9,11H,5-6H2,1-3H3,(H,18,19)(H2,14,15,17)/t8-,9?,11+,13-/m0/s1. The largest absolute Gasteiger partial charge is 0.383 e. The smallest absolute Gasteiger partial charge is 0.351 e. The Morgan fingerprint density at radius 3 is 2.96 bits per heavy atom. The second-order valence-electron chi connectivity index (χ2n) is 6.11. The third kappa shape index (κ3) is 2.90. The molecular weight excluding hydrogens is 341 g/mol. The fourth-order valence-corrected chi connectivity index (χ4v) is 3.83. The number of hydrogen-bond donors (Lipinski definition) is 2. The van der Waals surface area contributed by atoms with E-state index in [0.717, 1.165) is 6.66 Å². The van der Waals surface area contributed by atoms with Gasteiger partial charge in [0.05, 0.1) is 13.2 Å². The van der Waals surface area contributed by atoms with Gasteiger partial charge in [0.1, 0.15) is 23.6 Å². The second-order valence-corrected chi connectivity index (χ2v) is 7.93. The lowest BCUT2D eigenvalue weighted by atomic mass is 10.0. The molecule has 2 unspecified atom stereocenters. The number of anilines is 1. The van der Waals surface area contributed by atoms with E-state index in [1.165, 1.54) is 17.9 Å². The van der Waals surface area contributed by atoms with Gasteiger partial charge in [0, 0.05) is 25.5 Å². The van der Waals surface area contributed by atoms with Crippen LogP contribution in [0.25, 0.3) is 0 Å². The summed E-state index contributed by atoms with van der Waals surface area (Å²) in [6, 6.07) is 0. The molecule has 2 fully saturated rings. The van der Waals surface area contributed by atoms with Crippen LogP contribution < -0.4 is 11.4 Å². The van der Waals surface area contributed by atoms with Crippen molar-refractivity contribution in [1.82, 2.24) is 9.55 Å². The number of aryl methyl sites for hydroxylation is 1. The molecule has 0 spiro atoms. The first kappa shape index (κ1) is 17.5. The number of aromatic nitrogens is 2. The summed E-state index contributed by atoms with van der Waals surface area (Å²) in [5.74, 6) is 0.133. The topological polar surface area (TPSA) is 135 Å². The Hall–Kier alpha value is -1.29. The van der Waals surface area contributed by atoms with Crippen LogP contribution >= 0.6 is 7.60 Å². The van der Waals surface area contributed by atoms with E-state index in [2.05, 4.69) is 4.98 Å². The summed E-state index contributed by atoms with van der Waals surface area (Å²) in [5.41, 5.74) is 4.56. The van der Waals surface area contributed by atoms with Crippen molar-refractivity contribution in [2.24, 2.45) is 0 Å². The maximum atomic E-state index is 12.2. The summed E-state index contributed by atoms with van der Waals surface area (Å²) in [6.07, 6.45) is -0.942. The number of fused-ring (bicyclic) bond motifs is 2. The minimum Gasteiger partial charge on any atom is -0.383 e. The molecule has 0 amide bonds. The van der Waals surface area contributed by atoms with Gasteiger partial charge >= 0.3 is 13.3 Å². The van der Waals surface area contributed by atoms with Crippen LogP contribution in [-0.2, 0) is 23.3 Å². The van der Waals surface area contributed by atoms with Crippen molar-refractivity contribution < 1.29 is 28.2 Å². The Morgan fingerprint density at radius 1 is 1.62 bits per heavy atom. The van der Waals surface area contributed by atoms with Crippen LogP contribution in [-0.4, -0.2) is 59.2 Å². The van der Waals surface area contributed by atoms with Gasteiger partial charge < -0.3 is 24.8 Å². The van der Waals surface area contributed by atoms with E-state index >= 15 is 0 Å². The number of rotatable bonds is 5. The molecule has 5 atom stereocenters. The predicted molar refractivity (Wildman–Crippen MR) is 82.7 cm³/mol. The highest BCUT2D eigenvalue weighted by atomic mass is 31.2. The summed E-state index contributed by atoms with van der Waals surface area (Å²) in [5, 5.41) is 0. The Morgan fingerprint density at radius 2 is 2.33 bits per heavy atom. The Kier molecular flexibility index (Phi) is 4.31. The number of nitrogens with two attached hydrogens (primary N) is 1. The summed E-state index contributed by atoms with van der Waals surface area (Å²) in [4.78, 5) is 25.5. The van der Waals surface area contributed by atoms with Crippen LogP contribution in [0.4, 0.5) is 5.82 Å². The average Bonchev–Trinajstić information content (AvgIpc) is 2.93. The Labute approximate surface area is 138 Å². The van der Waals surface area contributed by atoms with E-state index in [4.69, 9.17) is 24.5 Å². The molecule has 0 saturated carbocycles. The molecule has 11 heteroatoms. The zero-order chi connectivity index (χ0) is 17.7. The summed E-state index contributed by atoms with van der Waals surface area (Å²) in [7, 11) is -2.33. The molecular formula is C13H20N3O7P. The van der Waals surface area contributed by atoms with Gasteiger partial charge in [-0.3, -0.25) is 13.7 Å². The van der Waals surface area contributed by atoms with Crippen LogP contribution in [0.2, 0.25) is 0 Å². The van der Waals surface area contributed by atoms with Crippen LogP contribution in [0, 0.1) is 6.92 Å². The van der Waals surface area contributed by atoms with Crippen LogP contribution in [0.3, 0.4) is 0 Å². The molecule has 2 aliphatic heterocycles. The molecule has 3 rings (SSSR count). The first-order chi connectivity index (χ1) is 11.2. The number of ether oxygens (including phenoxy) is 3. The van der Waals surface area contributed by atoms with E-state index in [-0.39, 0.29) is 19.0 Å². The van der Waals surface area contributed by atoms with Crippen molar-refractivity contribution in [3.63, 3.8) is 0 Å². The first-order valence-electron chi connectivity index (χ1n) is 7.29. The molecule has 0 aliphatic carbocycles. The second kappa shape index (κ2) is 5.91. The quantitative estimate of drug-likeness (QED) is 0.674. The van der Waals surface area contributed by atoms with E-state index in [1.807, 2.05) is 0 Å². The Bertz CT molecular complexity index is 748. The van der Waals surface area contributed by atoms with Crippen molar-refractivity contribution in [2.45, 2.75) is 31.0 Å². The molecule has 0 aromatic carbocycles. The van der Waals surface area contributed by atoms with E-state index in [9.17, 15) is 14.3 Å². The summed E-state index contributed by atoms with van der Waals surface area (Å²) in [6.45, 7) is 3.00. The highest BCUT2D eigenvalue weighted by molar-refractivity contribution is 7.51. The Balaban J connectivity index is 2.00. The van der Waals surface area contributed by atoms with Gasteiger partial charge in [-0.25, -0.2) is 4.79 Å². The van der Waals surface area contributed by atoms with Crippen molar-refractivity contribution in [1.29, 1.82) is 0 Å². The normalized spacial score (nSPS) is 34.4. The van der Waals surface area contributed by atoms with Gasteiger partial charge in [0.2, 0.25) is 0 Å². The van der Waals surface area contributed by atoms with Crippen LogP contribution in [0.1, 0.15) is 11.8 Å². The van der Waals surface area contributed by atoms with Gasteiger partial charge in [-0.1, -0.05) is 0 Å². The molecule has 3 N–H and O–H groups in total. The molecule has 2 saturated heterocycles. The lowest BCUT2D eigenvalue weighted by molar-refractivity contribution is -0.190. The molecule has 2 bridgehead atoms. The number of hydrogen-bond acceptors (Lipinski definition) is 8. The highest BCUT2D eigenvalue weighted by Gasteiger charge is 2.64. The summed E-state index contributed by atoms with van der Waals surface area (Å²) < 4.78 is 35.1. The third-order valence-electron chi connectivity index (χ3n) is 4.12. The molecule has 24 heavy (non-hydrogen) atoms. The van der Waals surface area contributed by atoms with Gasteiger partial charge in [0.25, 0.3) is 0 Å². The lowest BCUT2D eigenvalue weighted by Crippen LogP contribution is -2.46. The zero-order valence-electron chi connectivity index (χ0n) is 13.5. The molecule has 1 aromatic rings. The highest BCUT2D eigenvalue weighted by Crippen LogP contribution is 2.52. The van der Waals surface area contributed by atoms with E-state index < -0.39 is 37.3 Å². The molecule has 3 heterocycles. The number of nitrogens with zero attached hydrogens (tertiary/aromatic N) is 2. The lowest BCUT2D eigenvalue weighted by Gasteiger charge is -2.31. The van der Waals surface area contributed by atoms with Crippen LogP contribution in [0.5, 0.6) is 0 Å². The van der Waals surface area contributed by atoms with Gasteiger partial charge in [-0.05, 0) is 6.92 Å². The van der Waals surface area contributed by atoms with Crippen molar-refractivity contribution >= 4 is 13.4 Å². The SMILES string of the molecule is COC[C@]12CO[C@@H](C1OP(C)(=O)O)[C@H](n1cc(C)c(N)nc1=O)O2. The maximum absolute atomic E-state index is 12.2. The van der Waals surface area contributed by atoms with Gasteiger partial charge in [0.15, 0.2) is 6.23 Å². The molecule has 10 nitrogen and oxygen atoms in total. The van der Waals surface area contributed by atoms with Gasteiger partial charge in [-0.2, -0.15) is 4.98 Å². The van der Waals surface area contributed by atoms with E-state index in [0.29, 0.717) is 5.56 Å². The minimum atomic E-state index is -3.80.